The maximum Gasteiger partial charge on any atom is 0.238 e. The van der Waals surface area contributed by atoms with Gasteiger partial charge < -0.3 is 10.2 Å². The van der Waals surface area contributed by atoms with E-state index in [2.05, 4.69) is 27.7 Å². The van der Waals surface area contributed by atoms with E-state index in [1.54, 1.807) is 12.1 Å². The van der Waals surface area contributed by atoms with Gasteiger partial charge >= 0.3 is 0 Å². The molecule has 4 nitrogen and oxygen atoms in total. The molecule has 0 bridgehead atoms. The van der Waals surface area contributed by atoms with Crippen LogP contribution in [0.2, 0.25) is 0 Å². The van der Waals surface area contributed by atoms with Gasteiger partial charge in [0.05, 0.1) is 12.6 Å². The minimum atomic E-state index is -0.277. The van der Waals surface area contributed by atoms with Crippen LogP contribution in [-0.2, 0) is 4.79 Å². The Balaban J connectivity index is 1.38. The first-order chi connectivity index (χ1) is 15.2. The van der Waals surface area contributed by atoms with Gasteiger partial charge in [-0.15, -0.1) is 0 Å². The van der Waals surface area contributed by atoms with E-state index < -0.39 is 0 Å². The Hall–Kier alpha value is -3.18. The summed E-state index contributed by atoms with van der Waals surface area (Å²) in [5.41, 5.74) is 3.92. The van der Waals surface area contributed by atoms with Gasteiger partial charge in [-0.25, -0.2) is 4.39 Å². The third-order valence-corrected chi connectivity index (χ3v) is 5.68. The third-order valence-electron chi connectivity index (χ3n) is 5.68. The highest BCUT2D eigenvalue weighted by Gasteiger charge is 2.16. The summed E-state index contributed by atoms with van der Waals surface area (Å²) in [4.78, 5) is 15.0. The molecule has 5 heteroatoms. The Morgan fingerprint density at radius 2 is 1.48 bits per heavy atom. The van der Waals surface area contributed by atoms with E-state index >= 15 is 0 Å². The number of nitrogens with one attached hydrogen (secondary N) is 2. The average molecular weight is 418 g/mol. The van der Waals surface area contributed by atoms with Gasteiger partial charge in [-0.05, 0) is 66.8 Å². The molecule has 3 aromatic carbocycles. The predicted octanol–water partition coefficient (Wildman–Crippen LogP) is 5.13. The van der Waals surface area contributed by atoms with E-state index in [9.17, 15) is 9.18 Å². The fourth-order valence-electron chi connectivity index (χ4n) is 4.04. The van der Waals surface area contributed by atoms with Crippen molar-refractivity contribution in [2.45, 2.75) is 25.3 Å². The highest BCUT2D eigenvalue weighted by atomic mass is 19.1. The van der Waals surface area contributed by atoms with Gasteiger partial charge in [0.2, 0.25) is 5.91 Å². The van der Waals surface area contributed by atoms with Gasteiger partial charge in [0.1, 0.15) is 5.82 Å². The van der Waals surface area contributed by atoms with Crippen LogP contribution < -0.4 is 15.5 Å². The standard InChI is InChI=1S/C26H28FN3O/c27-22-11-9-21(10-12-22)26(20-7-3-1-4-8-20)28-19-25(31)29-23-13-15-24(16-14-23)30-17-5-2-6-18-30/h1,3-4,7-16,26,28H,2,5-6,17-19H2,(H,29,31). The van der Waals surface area contributed by atoms with Crippen molar-refractivity contribution in [1.29, 1.82) is 0 Å². The number of hydrogen-bond donors (Lipinski definition) is 2. The van der Waals surface area contributed by atoms with E-state index in [-0.39, 0.29) is 24.3 Å². The van der Waals surface area contributed by atoms with Crippen molar-refractivity contribution >= 4 is 17.3 Å². The lowest BCUT2D eigenvalue weighted by atomic mass is 9.98. The monoisotopic (exact) mass is 417 g/mol. The van der Waals surface area contributed by atoms with Gasteiger partial charge in [-0.1, -0.05) is 42.5 Å². The van der Waals surface area contributed by atoms with Gasteiger partial charge in [-0.3, -0.25) is 10.1 Å². The topological polar surface area (TPSA) is 44.4 Å². The molecule has 1 amide bonds. The molecule has 1 aliphatic heterocycles. The lowest BCUT2D eigenvalue weighted by molar-refractivity contribution is -0.115. The van der Waals surface area contributed by atoms with E-state index in [1.807, 2.05) is 42.5 Å². The summed E-state index contributed by atoms with van der Waals surface area (Å²) in [6.07, 6.45) is 3.78. The quantitative estimate of drug-likeness (QED) is 0.560. The van der Waals surface area contributed by atoms with Gasteiger partial charge in [0.25, 0.3) is 0 Å². The summed E-state index contributed by atoms with van der Waals surface area (Å²) >= 11 is 0. The number of hydrogen-bond acceptors (Lipinski definition) is 3. The van der Waals surface area contributed by atoms with Crippen LogP contribution in [0.3, 0.4) is 0 Å². The number of carbonyl (C=O) groups is 1. The van der Waals surface area contributed by atoms with Crippen LogP contribution in [0.1, 0.15) is 36.4 Å². The van der Waals surface area contributed by atoms with Crippen LogP contribution in [0.15, 0.2) is 78.9 Å². The molecule has 1 fully saturated rings. The van der Waals surface area contributed by atoms with Crippen LogP contribution in [0.25, 0.3) is 0 Å². The maximum atomic E-state index is 13.4. The summed E-state index contributed by atoms with van der Waals surface area (Å²) in [7, 11) is 0. The van der Waals surface area contributed by atoms with Crippen LogP contribution in [0, 0.1) is 5.82 Å². The Labute approximate surface area is 183 Å². The minimum absolute atomic E-state index is 0.117. The normalized spacial score (nSPS) is 14.8. The molecular weight excluding hydrogens is 389 g/mol. The molecule has 4 rings (SSSR count). The zero-order valence-corrected chi connectivity index (χ0v) is 17.6. The first kappa shape index (κ1) is 21.1. The summed E-state index contributed by atoms with van der Waals surface area (Å²) in [6.45, 7) is 2.34. The molecule has 1 aliphatic rings. The first-order valence-electron chi connectivity index (χ1n) is 10.9. The zero-order chi connectivity index (χ0) is 21.5. The van der Waals surface area contributed by atoms with Crippen LogP contribution in [-0.4, -0.2) is 25.5 Å². The number of halogens is 1. The summed E-state index contributed by atoms with van der Waals surface area (Å²) < 4.78 is 13.4. The molecule has 1 heterocycles. The number of amides is 1. The Morgan fingerprint density at radius 3 is 2.16 bits per heavy atom. The number of piperidine rings is 1. The van der Waals surface area contributed by atoms with Crippen molar-refractivity contribution in [3.05, 3.63) is 95.8 Å². The van der Waals surface area contributed by atoms with E-state index in [4.69, 9.17) is 0 Å². The van der Waals surface area contributed by atoms with Crippen molar-refractivity contribution in [2.24, 2.45) is 0 Å². The van der Waals surface area contributed by atoms with Crippen molar-refractivity contribution in [3.8, 4) is 0 Å². The smallest absolute Gasteiger partial charge is 0.238 e. The molecule has 2 N–H and O–H groups in total. The number of anilines is 2. The fourth-order valence-corrected chi connectivity index (χ4v) is 4.04. The zero-order valence-electron chi connectivity index (χ0n) is 17.6. The molecule has 0 spiro atoms. The molecule has 31 heavy (non-hydrogen) atoms. The lowest BCUT2D eigenvalue weighted by Crippen LogP contribution is -2.32. The molecule has 1 atom stereocenters. The van der Waals surface area contributed by atoms with Crippen molar-refractivity contribution < 1.29 is 9.18 Å². The number of carbonyl (C=O) groups excluding carboxylic acids is 1. The molecule has 3 aromatic rings. The van der Waals surface area contributed by atoms with Gasteiger partial charge in [0, 0.05) is 24.5 Å². The highest BCUT2D eigenvalue weighted by molar-refractivity contribution is 5.92. The number of rotatable bonds is 7. The highest BCUT2D eigenvalue weighted by Crippen LogP contribution is 2.23. The maximum absolute atomic E-state index is 13.4. The Kier molecular flexibility index (Phi) is 6.95. The van der Waals surface area contributed by atoms with Gasteiger partial charge in [0.15, 0.2) is 0 Å². The molecule has 0 aliphatic carbocycles. The third kappa shape index (κ3) is 5.70. The molecule has 0 saturated carbocycles. The van der Waals surface area contributed by atoms with Crippen LogP contribution in [0.4, 0.5) is 15.8 Å². The number of benzene rings is 3. The lowest BCUT2D eigenvalue weighted by Gasteiger charge is -2.28. The van der Waals surface area contributed by atoms with Crippen molar-refractivity contribution in [2.75, 3.05) is 29.9 Å². The SMILES string of the molecule is O=C(CNC(c1ccccc1)c1ccc(F)cc1)Nc1ccc(N2CCCCC2)cc1. The second kappa shape index (κ2) is 10.2. The summed E-state index contributed by atoms with van der Waals surface area (Å²) in [5.74, 6) is -0.393. The van der Waals surface area contributed by atoms with E-state index in [0.29, 0.717) is 0 Å². The molecule has 1 unspecified atom stereocenters. The summed E-state index contributed by atoms with van der Waals surface area (Å²) in [6, 6.07) is 24.1. The second-order valence-electron chi connectivity index (χ2n) is 7.92. The Bertz CT molecular complexity index is 968. The van der Waals surface area contributed by atoms with Crippen LogP contribution >= 0.6 is 0 Å². The van der Waals surface area contributed by atoms with Crippen molar-refractivity contribution in [3.63, 3.8) is 0 Å². The fraction of sp³-hybridized carbons (Fsp3) is 0.269. The molecule has 1 saturated heterocycles. The number of nitrogens with zero attached hydrogens (tertiary/aromatic N) is 1. The average Bonchev–Trinajstić information content (AvgIpc) is 2.82. The van der Waals surface area contributed by atoms with Crippen molar-refractivity contribution in [1.82, 2.24) is 5.32 Å². The van der Waals surface area contributed by atoms with E-state index in [0.717, 1.165) is 29.9 Å². The van der Waals surface area contributed by atoms with E-state index in [1.165, 1.54) is 37.1 Å². The largest absolute Gasteiger partial charge is 0.372 e. The predicted molar refractivity (Wildman–Crippen MR) is 124 cm³/mol. The molecule has 0 radical (unpaired) electrons. The minimum Gasteiger partial charge on any atom is -0.372 e. The Morgan fingerprint density at radius 1 is 0.839 bits per heavy atom. The summed E-state index contributed by atoms with van der Waals surface area (Å²) in [5, 5.41) is 6.27. The molecular formula is C26H28FN3O. The van der Waals surface area contributed by atoms with Crippen LogP contribution in [0.5, 0.6) is 0 Å². The first-order valence-corrected chi connectivity index (χ1v) is 10.9. The molecule has 160 valence electrons. The second-order valence-corrected chi connectivity index (χ2v) is 7.92. The van der Waals surface area contributed by atoms with Gasteiger partial charge in [-0.2, -0.15) is 0 Å². The molecule has 0 aromatic heterocycles.